The highest BCUT2D eigenvalue weighted by atomic mass is 19.4. The third-order valence-corrected chi connectivity index (χ3v) is 4.55. The number of fused-ring (bicyclic) bond motifs is 2. The number of hydrogen-bond donors (Lipinski definition) is 3. The lowest BCUT2D eigenvalue weighted by molar-refractivity contribution is -0.136. The number of H-pyrrole nitrogens is 1. The van der Waals surface area contributed by atoms with Crippen LogP contribution in [0.25, 0.3) is 11.0 Å². The second-order valence-corrected chi connectivity index (χ2v) is 6.42. The molecule has 3 aromatic rings. The molecular weight excluding hydrogens is 373 g/mol. The van der Waals surface area contributed by atoms with Gasteiger partial charge < -0.3 is 25.1 Å². The van der Waals surface area contributed by atoms with Gasteiger partial charge in [0.25, 0.3) is 0 Å². The number of nitrogens with zero attached hydrogens (tertiary/aromatic N) is 1. The van der Waals surface area contributed by atoms with Crippen molar-refractivity contribution in [1.82, 2.24) is 9.97 Å². The molecule has 9 heteroatoms. The average molecular weight is 392 g/mol. The summed E-state index contributed by atoms with van der Waals surface area (Å²) < 4.78 is 50.8. The Morgan fingerprint density at radius 2 is 2.14 bits per heavy atom. The van der Waals surface area contributed by atoms with Gasteiger partial charge in [0.1, 0.15) is 17.2 Å². The lowest BCUT2D eigenvalue weighted by atomic mass is 10.1. The Hall–Kier alpha value is -2.94. The van der Waals surface area contributed by atoms with Crippen molar-refractivity contribution in [1.29, 1.82) is 0 Å². The molecule has 0 bridgehead atoms. The molecule has 0 radical (unpaired) electrons. The van der Waals surface area contributed by atoms with Crippen LogP contribution in [-0.4, -0.2) is 36.8 Å². The number of rotatable bonds is 6. The fraction of sp³-hybridized carbons (Fsp3) is 0.316. The number of pyridine rings is 1. The molecule has 0 amide bonds. The quantitative estimate of drug-likeness (QED) is 0.545. The van der Waals surface area contributed by atoms with Gasteiger partial charge in [0.2, 0.25) is 0 Å². The van der Waals surface area contributed by atoms with Crippen molar-refractivity contribution in [3.8, 4) is 5.75 Å². The Bertz CT molecular complexity index is 1000. The minimum Gasteiger partial charge on any atom is -0.491 e. The molecule has 0 aliphatic carbocycles. The zero-order chi connectivity index (χ0) is 19.7. The lowest BCUT2D eigenvalue weighted by Gasteiger charge is -2.14. The van der Waals surface area contributed by atoms with Gasteiger partial charge in [0.05, 0.1) is 29.9 Å². The zero-order valence-corrected chi connectivity index (χ0v) is 15.1. The molecule has 1 aliphatic rings. The Kier molecular flexibility index (Phi) is 4.76. The Balaban J connectivity index is 1.75. The van der Waals surface area contributed by atoms with E-state index in [4.69, 9.17) is 9.47 Å². The molecule has 6 nitrogen and oxygen atoms in total. The summed E-state index contributed by atoms with van der Waals surface area (Å²) in [5.74, 6) is 1.16. The van der Waals surface area contributed by atoms with Crippen LogP contribution < -0.4 is 15.4 Å². The van der Waals surface area contributed by atoms with E-state index in [9.17, 15) is 13.2 Å². The molecule has 1 aromatic carbocycles. The van der Waals surface area contributed by atoms with E-state index in [0.29, 0.717) is 31.3 Å². The number of hydrogen-bond acceptors (Lipinski definition) is 5. The Morgan fingerprint density at radius 3 is 2.93 bits per heavy atom. The van der Waals surface area contributed by atoms with E-state index in [2.05, 4.69) is 20.6 Å². The van der Waals surface area contributed by atoms with E-state index in [1.807, 2.05) is 18.2 Å². The van der Waals surface area contributed by atoms with E-state index < -0.39 is 11.7 Å². The third kappa shape index (κ3) is 3.45. The van der Waals surface area contributed by atoms with Crippen LogP contribution in [0.3, 0.4) is 0 Å². The van der Waals surface area contributed by atoms with Gasteiger partial charge in [-0.1, -0.05) is 12.1 Å². The largest absolute Gasteiger partial charge is 0.491 e. The minimum atomic E-state index is -4.49. The summed E-state index contributed by atoms with van der Waals surface area (Å²) in [6.45, 7) is 1.33. The van der Waals surface area contributed by atoms with Crippen LogP contribution in [0.15, 0.2) is 30.5 Å². The van der Waals surface area contributed by atoms with Gasteiger partial charge in [0.15, 0.2) is 0 Å². The van der Waals surface area contributed by atoms with Crippen molar-refractivity contribution < 1.29 is 22.6 Å². The van der Waals surface area contributed by atoms with Gasteiger partial charge in [-0.25, -0.2) is 4.98 Å². The van der Waals surface area contributed by atoms with Gasteiger partial charge in [-0.05, 0) is 11.6 Å². The molecule has 1 aliphatic heterocycles. The summed E-state index contributed by atoms with van der Waals surface area (Å²) in [5.41, 5.74) is 1.53. The first kappa shape index (κ1) is 18.4. The van der Waals surface area contributed by atoms with Crippen molar-refractivity contribution in [2.24, 2.45) is 0 Å². The summed E-state index contributed by atoms with van der Waals surface area (Å²) in [7, 11) is 1.53. The Morgan fingerprint density at radius 1 is 1.29 bits per heavy atom. The number of para-hydroxylation sites is 1. The molecule has 2 aromatic heterocycles. The number of aromatic amines is 1. The Labute approximate surface area is 159 Å². The van der Waals surface area contributed by atoms with E-state index in [0.717, 1.165) is 29.6 Å². The summed E-state index contributed by atoms with van der Waals surface area (Å²) >= 11 is 0. The van der Waals surface area contributed by atoms with Gasteiger partial charge >= 0.3 is 6.18 Å². The molecule has 0 saturated carbocycles. The van der Waals surface area contributed by atoms with Crippen LogP contribution in [0.2, 0.25) is 0 Å². The molecule has 0 atom stereocenters. The number of alkyl halides is 3. The van der Waals surface area contributed by atoms with Crippen molar-refractivity contribution in [3.63, 3.8) is 0 Å². The highest BCUT2D eigenvalue weighted by Crippen LogP contribution is 2.40. The number of ether oxygens (including phenoxy) is 2. The number of halogens is 3. The van der Waals surface area contributed by atoms with Gasteiger partial charge in [-0.15, -0.1) is 0 Å². The molecule has 148 valence electrons. The monoisotopic (exact) mass is 392 g/mol. The highest BCUT2D eigenvalue weighted by Gasteiger charge is 2.35. The van der Waals surface area contributed by atoms with Gasteiger partial charge in [-0.2, -0.15) is 13.2 Å². The van der Waals surface area contributed by atoms with E-state index in [1.165, 1.54) is 7.11 Å². The van der Waals surface area contributed by atoms with Crippen LogP contribution in [0.5, 0.6) is 5.75 Å². The van der Waals surface area contributed by atoms with Crippen molar-refractivity contribution in [2.75, 3.05) is 37.5 Å². The highest BCUT2D eigenvalue weighted by molar-refractivity contribution is 5.95. The molecule has 28 heavy (non-hydrogen) atoms. The topological polar surface area (TPSA) is 71.2 Å². The lowest BCUT2D eigenvalue weighted by Crippen LogP contribution is -2.10. The fourth-order valence-corrected chi connectivity index (χ4v) is 3.30. The fourth-order valence-electron chi connectivity index (χ4n) is 3.30. The van der Waals surface area contributed by atoms with E-state index >= 15 is 0 Å². The number of anilines is 3. The summed E-state index contributed by atoms with van der Waals surface area (Å²) in [6, 6.07) is 7.31. The first-order valence-corrected chi connectivity index (χ1v) is 8.81. The average Bonchev–Trinajstić information content (AvgIpc) is 3.28. The second-order valence-electron chi connectivity index (χ2n) is 6.42. The van der Waals surface area contributed by atoms with Crippen LogP contribution >= 0.6 is 0 Å². The maximum Gasteiger partial charge on any atom is 0.418 e. The second kappa shape index (κ2) is 7.23. The molecule has 0 fully saturated rings. The first-order valence-electron chi connectivity index (χ1n) is 8.81. The van der Waals surface area contributed by atoms with Crippen molar-refractivity contribution >= 4 is 28.2 Å². The SMILES string of the molecule is COCCNc1cc(Nc2cccc3c2OCC3)nc2[nH]cc(C(F)(F)F)c12. The maximum atomic E-state index is 13.4. The van der Waals surface area contributed by atoms with Crippen molar-refractivity contribution in [2.45, 2.75) is 12.6 Å². The standard InChI is InChI=1S/C19H19F3N4O2/c1-27-8-6-23-14-9-15(25-13-4-2-3-11-5-7-28-17(11)13)26-18-16(14)12(10-24-18)19(20,21)22/h2-4,9-10H,5-8H2,1H3,(H3,23,24,25,26). The van der Waals surface area contributed by atoms with Gasteiger partial charge in [0, 0.05) is 38.0 Å². The molecular formula is C19H19F3N4O2. The summed E-state index contributed by atoms with van der Waals surface area (Å²) in [5, 5.41) is 6.18. The molecule has 4 rings (SSSR count). The maximum absolute atomic E-state index is 13.4. The minimum absolute atomic E-state index is 0.00342. The summed E-state index contributed by atoms with van der Waals surface area (Å²) in [6.07, 6.45) is -2.72. The number of benzene rings is 1. The first-order chi connectivity index (χ1) is 13.5. The van der Waals surface area contributed by atoms with Crippen LogP contribution in [0, 0.1) is 0 Å². The molecule has 3 heterocycles. The molecule has 0 unspecified atom stereocenters. The molecule has 3 N–H and O–H groups in total. The normalized spacial score (nSPS) is 13.4. The van der Waals surface area contributed by atoms with E-state index in [-0.39, 0.29) is 11.0 Å². The number of methoxy groups -OCH3 is 1. The predicted molar refractivity (Wildman–Crippen MR) is 100 cm³/mol. The molecule has 0 saturated heterocycles. The smallest absolute Gasteiger partial charge is 0.418 e. The van der Waals surface area contributed by atoms with Crippen molar-refractivity contribution in [3.05, 3.63) is 41.6 Å². The summed E-state index contributed by atoms with van der Waals surface area (Å²) in [4.78, 5) is 6.96. The van der Waals surface area contributed by atoms with Crippen LogP contribution in [-0.2, 0) is 17.3 Å². The van der Waals surface area contributed by atoms with Crippen LogP contribution in [0.4, 0.5) is 30.4 Å². The molecule has 0 spiro atoms. The number of aromatic nitrogens is 2. The number of nitrogens with one attached hydrogen (secondary N) is 3. The zero-order valence-electron chi connectivity index (χ0n) is 15.1. The van der Waals surface area contributed by atoms with Crippen LogP contribution in [0.1, 0.15) is 11.1 Å². The third-order valence-electron chi connectivity index (χ3n) is 4.55. The van der Waals surface area contributed by atoms with Gasteiger partial charge in [-0.3, -0.25) is 0 Å². The van der Waals surface area contributed by atoms with E-state index in [1.54, 1.807) is 6.07 Å². The predicted octanol–water partition coefficient (Wildman–Crippen LogP) is 4.32.